The molecule has 4 nitrogen and oxygen atoms in total. The topological polar surface area (TPSA) is 55.8 Å². The number of benzene rings is 1. The summed E-state index contributed by atoms with van der Waals surface area (Å²) in [7, 11) is 2.86. The second kappa shape index (κ2) is 5.07. The summed E-state index contributed by atoms with van der Waals surface area (Å²) >= 11 is 0. The molecule has 104 valence electrons. The van der Waals surface area contributed by atoms with Crippen molar-refractivity contribution in [3.8, 4) is 11.5 Å². The Morgan fingerprint density at radius 3 is 2.21 bits per heavy atom. The second-order valence-corrected chi connectivity index (χ2v) is 4.78. The molecule has 0 bridgehead atoms. The van der Waals surface area contributed by atoms with E-state index in [2.05, 4.69) is 0 Å². The molecule has 1 saturated carbocycles. The van der Waals surface area contributed by atoms with Gasteiger partial charge >= 0.3 is 5.97 Å². The van der Waals surface area contributed by atoms with Crippen molar-refractivity contribution in [1.82, 2.24) is 0 Å². The SMILES string of the molecule is COc1cc(F)c(C2(C(=O)O)CCCC2)cc1OC. The molecule has 5 heteroatoms. The van der Waals surface area contributed by atoms with Gasteiger partial charge in [0.1, 0.15) is 5.82 Å². The van der Waals surface area contributed by atoms with E-state index in [1.54, 1.807) is 0 Å². The molecule has 0 aromatic heterocycles. The lowest BCUT2D eigenvalue weighted by Crippen LogP contribution is -2.33. The van der Waals surface area contributed by atoms with Gasteiger partial charge in [0.2, 0.25) is 0 Å². The summed E-state index contributed by atoms with van der Waals surface area (Å²) < 4.78 is 24.4. The summed E-state index contributed by atoms with van der Waals surface area (Å²) in [5.41, 5.74) is -0.945. The van der Waals surface area contributed by atoms with Crippen LogP contribution in [0.1, 0.15) is 31.2 Å². The normalized spacial score (nSPS) is 17.2. The van der Waals surface area contributed by atoms with Crippen LogP contribution in [0, 0.1) is 5.82 Å². The molecular weight excluding hydrogens is 251 g/mol. The highest BCUT2D eigenvalue weighted by Gasteiger charge is 2.45. The van der Waals surface area contributed by atoms with Gasteiger partial charge in [-0.2, -0.15) is 0 Å². The first-order chi connectivity index (χ1) is 9.05. The van der Waals surface area contributed by atoms with Crippen molar-refractivity contribution < 1.29 is 23.8 Å². The fraction of sp³-hybridized carbons (Fsp3) is 0.500. The zero-order valence-electron chi connectivity index (χ0n) is 11.0. The Hall–Kier alpha value is -1.78. The molecule has 0 radical (unpaired) electrons. The number of hydrogen-bond acceptors (Lipinski definition) is 3. The lowest BCUT2D eigenvalue weighted by atomic mass is 9.78. The van der Waals surface area contributed by atoms with E-state index in [4.69, 9.17) is 9.47 Å². The zero-order chi connectivity index (χ0) is 14.0. The molecule has 0 saturated heterocycles. The van der Waals surface area contributed by atoms with E-state index in [0.29, 0.717) is 18.6 Å². The highest BCUT2D eigenvalue weighted by atomic mass is 19.1. The Morgan fingerprint density at radius 2 is 1.74 bits per heavy atom. The fourth-order valence-corrected chi connectivity index (χ4v) is 2.80. The van der Waals surface area contributed by atoms with E-state index in [0.717, 1.165) is 12.8 Å². The van der Waals surface area contributed by atoms with E-state index in [1.807, 2.05) is 0 Å². The average molecular weight is 268 g/mol. The number of hydrogen-bond donors (Lipinski definition) is 1. The van der Waals surface area contributed by atoms with Crippen LogP contribution >= 0.6 is 0 Å². The van der Waals surface area contributed by atoms with Crippen LogP contribution in [0.2, 0.25) is 0 Å². The molecule has 0 unspecified atom stereocenters. The summed E-state index contributed by atoms with van der Waals surface area (Å²) in [6.07, 6.45) is 2.49. The Kier molecular flexibility index (Phi) is 3.64. The highest BCUT2D eigenvalue weighted by Crippen LogP contribution is 2.45. The van der Waals surface area contributed by atoms with Gasteiger partial charge in [0.15, 0.2) is 11.5 Å². The monoisotopic (exact) mass is 268 g/mol. The van der Waals surface area contributed by atoms with E-state index >= 15 is 0 Å². The first-order valence-electron chi connectivity index (χ1n) is 6.20. The van der Waals surface area contributed by atoms with Crippen molar-refractivity contribution in [1.29, 1.82) is 0 Å². The number of carbonyl (C=O) groups is 1. The molecule has 0 aliphatic heterocycles. The van der Waals surface area contributed by atoms with Gasteiger partial charge in [-0.15, -0.1) is 0 Å². The van der Waals surface area contributed by atoms with Crippen LogP contribution in [0.3, 0.4) is 0 Å². The van der Waals surface area contributed by atoms with Crippen molar-refractivity contribution in [2.45, 2.75) is 31.1 Å². The summed E-state index contributed by atoms with van der Waals surface area (Å²) in [6, 6.07) is 2.64. The van der Waals surface area contributed by atoms with Crippen molar-refractivity contribution in [2.75, 3.05) is 14.2 Å². The van der Waals surface area contributed by atoms with E-state index < -0.39 is 17.2 Å². The van der Waals surface area contributed by atoms with Crippen LogP contribution in [0.25, 0.3) is 0 Å². The molecule has 1 aromatic rings. The fourth-order valence-electron chi connectivity index (χ4n) is 2.80. The Morgan fingerprint density at radius 1 is 1.21 bits per heavy atom. The quantitative estimate of drug-likeness (QED) is 0.912. The Balaban J connectivity index is 2.57. The van der Waals surface area contributed by atoms with Gasteiger partial charge in [-0.3, -0.25) is 4.79 Å². The Labute approximate surface area is 111 Å². The number of carboxylic acids is 1. The van der Waals surface area contributed by atoms with Crippen molar-refractivity contribution in [3.63, 3.8) is 0 Å². The van der Waals surface area contributed by atoms with Gasteiger partial charge in [0.25, 0.3) is 0 Å². The third-order valence-corrected chi connectivity index (χ3v) is 3.86. The Bertz CT molecular complexity index is 492. The molecule has 0 amide bonds. The second-order valence-electron chi connectivity index (χ2n) is 4.78. The number of rotatable bonds is 4. The molecule has 2 rings (SSSR count). The molecule has 0 spiro atoms. The smallest absolute Gasteiger partial charge is 0.314 e. The maximum atomic E-state index is 14.2. The van der Waals surface area contributed by atoms with Gasteiger partial charge < -0.3 is 14.6 Å². The van der Waals surface area contributed by atoms with Gasteiger partial charge in [0.05, 0.1) is 19.6 Å². The van der Waals surface area contributed by atoms with E-state index in [1.165, 1.54) is 26.4 Å². The molecule has 1 aliphatic rings. The minimum absolute atomic E-state index is 0.190. The molecule has 0 atom stereocenters. The van der Waals surface area contributed by atoms with Gasteiger partial charge in [0, 0.05) is 11.6 Å². The van der Waals surface area contributed by atoms with Gasteiger partial charge in [-0.05, 0) is 18.9 Å². The zero-order valence-corrected chi connectivity index (χ0v) is 11.0. The molecule has 0 heterocycles. The highest BCUT2D eigenvalue weighted by molar-refractivity contribution is 5.82. The third-order valence-electron chi connectivity index (χ3n) is 3.86. The third kappa shape index (κ3) is 2.13. The summed E-state index contributed by atoms with van der Waals surface area (Å²) in [5, 5.41) is 9.49. The maximum absolute atomic E-state index is 14.2. The maximum Gasteiger partial charge on any atom is 0.314 e. The summed E-state index contributed by atoms with van der Waals surface area (Å²) in [5.74, 6) is -0.910. The van der Waals surface area contributed by atoms with Crippen molar-refractivity contribution in [2.24, 2.45) is 0 Å². The van der Waals surface area contributed by atoms with Crippen LogP contribution in [0.15, 0.2) is 12.1 Å². The number of halogens is 1. The van der Waals surface area contributed by atoms with Crippen molar-refractivity contribution >= 4 is 5.97 Å². The minimum atomic E-state index is -1.14. The lowest BCUT2D eigenvalue weighted by Gasteiger charge is -2.25. The van der Waals surface area contributed by atoms with Crippen LogP contribution in [0.4, 0.5) is 4.39 Å². The molecule has 1 aliphatic carbocycles. The molecule has 1 fully saturated rings. The summed E-state index contributed by atoms with van der Waals surface area (Å²) in [4.78, 5) is 11.6. The van der Waals surface area contributed by atoms with Crippen LogP contribution in [-0.2, 0) is 10.2 Å². The van der Waals surface area contributed by atoms with Crippen LogP contribution < -0.4 is 9.47 Å². The predicted molar refractivity (Wildman–Crippen MR) is 67.3 cm³/mol. The van der Waals surface area contributed by atoms with Crippen LogP contribution in [-0.4, -0.2) is 25.3 Å². The number of ether oxygens (including phenoxy) is 2. The van der Waals surface area contributed by atoms with E-state index in [-0.39, 0.29) is 11.3 Å². The van der Waals surface area contributed by atoms with Gasteiger partial charge in [-0.1, -0.05) is 12.8 Å². The summed E-state index contributed by atoms with van der Waals surface area (Å²) in [6.45, 7) is 0. The average Bonchev–Trinajstić information content (AvgIpc) is 2.88. The molecule has 1 aromatic carbocycles. The molecule has 19 heavy (non-hydrogen) atoms. The molecular formula is C14H17FO4. The van der Waals surface area contributed by atoms with Gasteiger partial charge in [-0.25, -0.2) is 4.39 Å². The predicted octanol–water partition coefficient (Wildman–Crippen LogP) is 2.74. The number of aliphatic carboxylic acids is 1. The number of carboxylic acid groups (broad SMARTS) is 1. The van der Waals surface area contributed by atoms with E-state index in [9.17, 15) is 14.3 Å². The first-order valence-corrected chi connectivity index (χ1v) is 6.20. The lowest BCUT2D eigenvalue weighted by molar-refractivity contribution is -0.143. The largest absolute Gasteiger partial charge is 0.493 e. The minimum Gasteiger partial charge on any atom is -0.493 e. The first kappa shape index (κ1) is 13.6. The van der Waals surface area contributed by atoms with Crippen molar-refractivity contribution in [3.05, 3.63) is 23.5 Å². The number of methoxy groups -OCH3 is 2. The van der Waals surface area contributed by atoms with Crippen LogP contribution in [0.5, 0.6) is 11.5 Å². The standard InChI is InChI=1S/C14H17FO4/c1-18-11-7-9(10(15)8-12(11)19-2)14(13(16)17)5-3-4-6-14/h7-8H,3-6H2,1-2H3,(H,16,17). The molecule has 1 N–H and O–H groups in total.